The number of aromatic nitrogens is 1. The second-order valence-corrected chi connectivity index (χ2v) is 4.96. The molecule has 3 rings (SSSR count). The van der Waals surface area contributed by atoms with E-state index in [-0.39, 0.29) is 11.8 Å². The van der Waals surface area contributed by atoms with Gasteiger partial charge in [-0.3, -0.25) is 19.5 Å². The van der Waals surface area contributed by atoms with Crippen LogP contribution in [0.1, 0.15) is 13.8 Å². The highest BCUT2D eigenvalue weighted by Crippen LogP contribution is 2.29. The Morgan fingerprint density at radius 3 is 2.75 bits per heavy atom. The highest BCUT2D eigenvalue weighted by Gasteiger charge is 2.37. The van der Waals surface area contributed by atoms with E-state index in [1.165, 1.54) is 0 Å². The molecule has 20 heavy (non-hydrogen) atoms. The Labute approximate surface area is 116 Å². The summed E-state index contributed by atoms with van der Waals surface area (Å²) in [6.07, 6.45) is 1.71. The molecule has 1 aliphatic rings. The van der Waals surface area contributed by atoms with Crippen molar-refractivity contribution in [3.63, 3.8) is 0 Å². The third kappa shape index (κ3) is 1.82. The Balaban J connectivity index is 2.18. The van der Waals surface area contributed by atoms with E-state index in [2.05, 4.69) is 10.3 Å². The fraction of sp³-hybridized carbons (Fsp3) is 0.267. The Bertz CT molecular complexity index is 693. The zero-order chi connectivity index (χ0) is 14.3. The van der Waals surface area contributed by atoms with Gasteiger partial charge in [0.25, 0.3) is 0 Å². The van der Waals surface area contributed by atoms with Gasteiger partial charge in [0.1, 0.15) is 12.1 Å². The fourth-order valence-corrected chi connectivity index (χ4v) is 2.54. The number of rotatable bonds is 1. The second kappa shape index (κ2) is 4.59. The summed E-state index contributed by atoms with van der Waals surface area (Å²) < 4.78 is 0. The topological polar surface area (TPSA) is 62.3 Å². The van der Waals surface area contributed by atoms with Crippen LogP contribution in [0, 0.1) is 0 Å². The summed E-state index contributed by atoms with van der Waals surface area (Å²) in [6, 6.07) is 8.30. The van der Waals surface area contributed by atoms with Crippen molar-refractivity contribution in [3.8, 4) is 0 Å². The van der Waals surface area contributed by atoms with Gasteiger partial charge in [0.2, 0.25) is 11.8 Å². The zero-order valence-corrected chi connectivity index (χ0v) is 11.3. The highest BCUT2D eigenvalue weighted by atomic mass is 16.2. The lowest BCUT2D eigenvalue weighted by Gasteiger charge is -2.36. The highest BCUT2D eigenvalue weighted by molar-refractivity contribution is 6.11. The number of amides is 2. The molecule has 1 N–H and O–H groups in total. The molecule has 0 bridgehead atoms. The van der Waals surface area contributed by atoms with Crippen molar-refractivity contribution in [2.45, 2.75) is 25.9 Å². The summed E-state index contributed by atoms with van der Waals surface area (Å²) in [5.41, 5.74) is 1.54. The molecule has 0 aliphatic carbocycles. The van der Waals surface area contributed by atoms with Crippen LogP contribution in [-0.4, -0.2) is 28.9 Å². The first kappa shape index (κ1) is 12.6. The van der Waals surface area contributed by atoms with Crippen LogP contribution in [0.3, 0.4) is 0 Å². The molecular formula is C15H15N3O2. The number of fused-ring (bicyclic) bond motifs is 1. The van der Waals surface area contributed by atoms with Crippen molar-refractivity contribution < 1.29 is 9.59 Å². The first-order chi connectivity index (χ1) is 9.59. The number of nitrogens with zero attached hydrogens (tertiary/aromatic N) is 2. The number of carbonyl (C=O) groups is 2. The number of nitrogens with one attached hydrogen (secondary N) is 1. The standard InChI is InChI=1S/C15H15N3O2/c1-9-15(20)18(10(2)14(19)17-9)13-7-3-6-12-11(13)5-4-8-16-12/h3-10H,1-2H3,(H,17,19). The number of carbonyl (C=O) groups excluding carboxylic acids is 2. The first-order valence-electron chi connectivity index (χ1n) is 6.57. The van der Waals surface area contributed by atoms with Crippen molar-refractivity contribution in [1.82, 2.24) is 10.3 Å². The molecule has 102 valence electrons. The number of hydrogen-bond acceptors (Lipinski definition) is 3. The maximum atomic E-state index is 12.4. The Morgan fingerprint density at radius 1 is 1.15 bits per heavy atom. The first-order valence-corrected chi connectivity index (χ1v) is 6.57. The molecule has 0 saturated carbocycles. The molecule has 1 aromatic carbocycles. The molecule has 1 saturated heterocycles. The SMILES string of the molecule is CC1NC(=O)C(C)N(c2cccc3ncccc23)C1=O. The molecule has 0 radical (unpaired) electrons. The normalized spacial score (nSPS) is 23.0. The van der Waals surface area contributed by atoms with E-state index in [9.17, 15) is 9.59 Å². The summed E-state index contributed by atoms with van der Waals surface area (Å²) in [7, 11) is 0. The Hall–Kier alpha value is -2.43. The van der Waals surface area contributed by atoms with E-state index in [1.807, 2.05) is 30.3 Å². The Morgan fingerprint density at radius 2 is 1.95 bits per heavy atom. The zero-order valence-electron chi connectivity index (χ0n) is 11.3. The van der Waals surface area contributed by atoms with Crippen LogP contribution in [0.4, 0.5) is 5.69 Å². The third-order valence-corrected chi connectivity index (χ3v) is 3.62. The van der Waals surface area contributed by atoms with Gasteiger partial charge in [-0.15, -0.1) is 0 Å². The van der Waals surface area contributed by atoms with Crippen molar-refractivity contribution in [3.05, 3.63) is 36.5 Å². The average molecular weight is 269 g/mol. The van der Waals surface area contributed by atoms with Gasteiger partial charge in [-0.1, -0.05) is 6.07 Å². The molecule has 2 unspecified atom stereocenters. The minimum absolute atomic E-state index is 0.103. The van der Waals surface area contributed by atoms with Crippen LogP contribution in [0.5, 0.6) is 0 Å². The van der Waals surface area contributed by atoms with Crippen LogP contribution in [-0.2, 0) is 9.59 Å². The summed E-state index contributed by atoms with van der Waals surface area (Å²) in [5, 5.41) is 3.55. The average Bonchev–Trinajstić information content (AvgIpc) is 2.46. The molecule has 2 amide bonds. The van der Waals surface area contributed by atoms with Crippen LogP contribution >= 0.6 is 0 Å². The van der Waals surface area contributed by atoms with Crippen molar-refractivity contribution in [2.75, 3.05) is 4.90 Å². The number of benzene rings is 1. The molecule has 5 heteroatoms. The molecule has 2 heterocycles. The molecule has 0 spiro atoms. The molecule has 5 nitrogen and oxygen atoms in total. The van der Waals surface area contributed by atoms with Gasteiger partial charge in [0.15, 0.2) is 0 Å². The lowest BCUT2D eigenvalue weighted by atomic mass is 10.1. The van der Waals surface area contributed by atoms with Gasteiger partial charge in [-0.2, -0.15) is 0 Å². The Kier molecular flexibility index (Phi) is 2.89. The summed E-state index contributed by atoms with van der Waals surface area (Å²) in [6.45, 7) is 3.43. The molecule has 2 aromatic rings. The number of hydrogen-bond donors (Lipinski definition) is 1. The van der Waals surface area contributed by atoms with Crippen LogP contribution < -0.4 is 10.2 Å². The van der Waals surface area contributed by atoms with Crippen molar-refractivity contribution in [2.24, 2.45) is 0 Å². The minimum Gasteiger partial charge on any atom is -0.343 e. The van der Waals surface area contributed by atoms with Crippen LogP contribution in [0.25, 0.3) is 10.9 Å². The summed E-state index contributed by atoms with van der Waals surface area (Å²) in [4.78, 5) is 30.2. The minimum atomic E-state index is -0.524. The summed E-state index contributed by atoms with van der Waals surface area (Å²) in [5.74, 6) is -0.244. The number of pyridine rings is 1. The van der Waals surface area contributed by atoms with Gasteiger partial charge < -0.3 is 5.32 Å². The number of piperazine rings is 1. The number of anilines is 1. The largest absolute Gasteiger partial charge is 0.343 e. The predicted molar refractivity (Wildman–Crippen MR) is 76.3 cm³/mol. The van der Waals surface area contributed by atoms with Crippen LogP contribution in [0.15, 0.2) is 36.5 Å². The van der Waals surface area contributed by atoms with E-state index < -0.39 is 12.1 Å². The van der Waals surface area contributed by atoms with Gasteiger partial charge in [-0.25, -0.2) is 0 Å². The third-order valence-electron chi connectivity index (χ3n) is 3.62. The van der Waals surface area contributed by atoms with Gasteiger partial charge in [0, 0.05) is 11.6 Å². The molecule has 1 aromatic heterocycles. The maximum absolute atomic E-state index is 12.4. The fourth-order valence-electron chi connectivity index (χ4n) is 2.54. The second-order valence-electron chi connectivity index (χ2n) is 4.96. The quantitative estimate of drug-likeness (QED) is 0.853. The van der Waals surface area contributed by atoms with Gasteiger partial charge in [-0.05, 0) is 38.1 Å². The molecule has 1 fully saturated rings. The lowest BCUT2D eigenvalue weighted by Crippen LogP contribution is -2.61. The maximum Gasteiger partial charge on any atom is 0.250 e. The molecule has 2 atom stereocenters. The monoisotopic (exact) mass is 269 g/mol. The van der Waals surface area contributed by atoms with Gasteiger partial charge in [0.05, 0.1) is 11.2 Å². The lowest BCUT2D eigenvalue weighted by molar-refractivity contribution is -0.133. The van der Waals surface area contributed by atoms with E-state index in [4.69, 9.17) is 0 Å². The van der Waals surface area contributed by atoms with Crippen LogP contribution in [0.2, 0.25) is 0 Å². The molecule has 1 aliphatic heterocycles. The van der Waals surface area contributed by atoms with E-state index >= 15 is 0 Å². The van der Waals surface area contributed by atoms with E-state index in [0.717, 1.165) is 16.6 Å². The molecular weight excluding hydrogens is 254 g/mol. The summed E-state index contributed by atoms with van der Waals surface area (Å²) >= 11 is 0. The predicted octanol–water partition coefficient (Wildman–Crippen LogP) is 1.47. The van der Waals surface area contributed by atoms with Crippen molar-refractivity contribution in [1.29, 1.82) is 0 Å². The van der Waals surface area contributed by atoms with Gasteiger partial charge >= 0.3 is 0 Å². The van der Waals surface area contributed by atoms with E-state index in [1.54, 1.807) is 24.9 Å². The van der Waals surface area contributed by atoms with E-state index in [0.29, 0.717) is 0 Å². The van der Waals surface area contributed by atoms with Crippen molar-refractivity contribution >= 4 is 28.4 Å². The smallest absolute Gasteiger partial charge is 0.250 e.